The van der Waals surface area contributed by atoms with Crippen LogP contribution in [0.3, 0.4) is 0 Å². The molecule has 0 saturated carbocycles. The highest BCUT2D eigenvalue weighted by Crippen LogP contribution is 2.21. The number of oxazole rings is 1. The Morgan fingerprint density at radius 1 is 1.50 bits per heavy atom. The molecule has 1 fully saturated rings. The van der Waals surface area contributed by atoms with E-state index in [9.17, 15) is 4.79 Å². The van der Waals surface area contributed by atoms with Crippen molar-refractivity contribution < 1.29 is 13.9 Å². The zero-order valence-electron chi connectivity index (χ0n) is 11.5. The molecular formula is C15H18N2O3. The first kappa shape index (κ1) is 13.1. The predicted molar refractivity (Wildman–Crippen MR) is 74.0 cm³/mol. The first-order valence-corrected chi connectivity index (χ1v) is 6.91. The van der Waals surface area contributed by atoms with Crippen LogP contribution in [-0.2, 0) is 16.1 Å². The van der Waals surface area contributed by atoms with Gasteiger partial charge in [-0.1, -0.05) is 12.1 Å². The Balaban J connectivity index is 1.69. The number of nitrogens with zero attached hydrogens (tertiary/aromatic N) is 2. The number of piperidine rings is 1. The van der Waals surface area contributed by atoms with Crippen LogP contribution in [0, 0.1) is 5.92 Å². The van der Waals surface area contributed by atoms with Crippen LogP contribution in [0.5, 0.6) is 0 Å². The van der Waals surface area contributed by atoms with Crippen LogP contribution in [0.15, 0.2) is 28.7 Å². The quantitative estimate of drug-likeness (QED) is 0.803. The van der Waals surface area contributed by atoms with Crippen molar-refractivity contribution in [3.63, 3.8) is 0 Å². The van der Waals surface area contributed by atoms with Crippen LogP contribution >= 0.6 is 0 Å². The first-order chi connectivity index (χ1) is 9.76. The summed E-state index contributed by atoms with van der Waals surface area (Å²) in [5, 5.41) is 0. The molecule has 1 aliphatic rings. The number of fused-ring (bicyclic) bond motifs is 1. The third kappa shape index (κ3) is 2.67. The SMILES string of the molecule is COC(=O)[C@H]1CCCN(Cc2nc3ccccc3o2)C1. The Bertz CT molecular complexity index is 575. The van der Waals surface area contributed by atoms with Crippen LogP contribution in [0.4, 0.5) is 0 Å². The second-order valence-corrected chi connectivity index (χ2v) is 5.17. The largest absolute Gasteiger partial charge is 0.469 e. The summed E-state index contributed by atoms with van der Waals surface area (Å²) in [6.07, 6.45) is 1.90. The fraction of sp³-hybridized carbons (Fsp3) is 0.467. The Kier molecular flexibility index (Phi) is 3.69. The highest BCUT2D eigenvalue weighted by Gasteiger charge is 2.27. The van der Waals surface area contributed by atoms with E-state index in [0.717, 1.165) is 30.5 Å². The fourth-order valence-corrected chi connectivity index (χ4v) is 2.74. The van der Waals surface area contributed by atoms with Crippen molar-refractivity contribution in [2.45, 2.75) is 19.4 Å². The molecule has 0 bridgehead atoms. The molecule has 3 rings (SSSR count). The molecule has 1 saturated heterocycles. The lowest BCUT2D eigenvalue weighted by atomic mass is 9.98. The normalized spacial score (nSPS) is 20.1. The van der Waals surface area contributed by atoms with Gasteiger partial charge in [0.1, 0.15) is 5.52 Å². The van der Waals surface area contributed by atoms with Crippen molar-refractivity contribution in [3.05, 3.63) is 30.2 Å². The van der Waals surface area contributed by atoms with Crippen molar-refractivity contribution in [2.24, 2.45) is 5.92 Å². The number of esters is 1. The molecule has 1 aliphatic heterocycles. The highest BCUT2D eigenvalue weighted by atomic mass is 16.5. The molecular weight excluding hydrogens is 256 g/mol. The molecule has 1 aromatic heterocycles. The van der Waals surface area contributed by atoms with E-state index in [1.807, 2.05) is 24.3 Å². The van der Waals surface area contributed by atoms with E-state index >= 15 is 0 Å². The van der Waals surface area contributed by atoms with Gasteiger partial charge in [0.05, 0.1) is 19.6 Å². The summed E-state index contributed by atoms with van der Waals surface area (Å²) in [7, 11) is 1.45. The van der Waals surface area contributed by atoms with E-state index in [-0.39, 0.29) is 11.9 Å². The molecule has 0 amide bonds. The van der Waals surface area contributed by atoms with Gasteiger partial charge in [-0.2, -0.15) is 0 Å². The monoisotopic (exact) mass is 274 g/mol. The third-order valence-corrected chi connectivity index (χ3v) is 3.74. The molecule has 1 atom stereocenters. The molecule has 20 heavy (non-hydrogen) atoms. The first-order valence-electron chi connectivity index (χ1n) is 6.91. The van der Waals surface area contributed by atoms with E-state index in [1.165, 1.54) is 7.11 Å². The van der Waals surface area contributed by atoms with Gasteiger partial charge in [0.25, 0.3) is 0 Å². The number of carbonyl (C=O) groups is 1. The van der Waals surface area contributed by atoms with Gasteiger partial charge in [-0.15, -0.1) is 0 Å². The fourth-order valence-electron chi connectivity index (χ4n) is 2.74. The molecule has 1 aromatic carbocycles. The van der Waals surface area contributed by atoms with Crippen LogP contribution in [0.25, 0.3) is 11.1 Å². The minimum absolute atomic E-state index is 0.0295. The second-order valence-electron chi connectivity index (χ2n) is 5.17. The van der Waals surface area contributed by atoms with Crippen LogP contribution in [0.1, 0.15) is 18.7 Å². The van der Waals surface area contributed by atoms with Gasteiger partial charge in [-0.05, 0) is 31.5 Å². The van der Waals surface area contributed by atoms with Gasteiger partial charge in [-0.3, -0.25) is 9.69 Å². The molecule has 2 aromatic rings. The molecule has 0 radical (unpaired) electrons. The van der Waals surface area contributed by atoms with Gasteiger partial charge in [0.15, 0.2) is 5.58 Å². The Labute approximate surface area is 117 Å². The number of carbonyl (C=O) groups excluding carboxylic acids is 1. The minimum Gasteiger partial charge on any atom is -0.469 e. The molecule has 0 spiro atoms. The van der Waals surface area contributed by atoms with E-state index in [4.69, 9.17) is 9.15 Å². The van der Waals surface area contributed by atoms with Crippen molar-refractivity contribution in [1.82, 2.24) is 9.88 Å². The van der Waals surface area contributed by atoms with E-state index < -0.39 is 0 Å². The molecule has 0 N–H and O–H groups in total. The summed E-state index contributed by atoms with van der Waals surface area (Å²) in [6, 6.07) is 7.74. The topological polar surface area (TPSA) is 55.6 Å². The van der Waals surface area contributed by atoms with E-state index in [1.54, 1.807) is 0 Å². The summed E-state index contributed by atoms with van der Waals surface area (Å²) in [4.78, 5) is 18.3. The maximum absolute atomic E-state index is 11.6. The lowest BCUT2D eigenvalue weighted by Gasteiger charge is -2.30. The van der Waals surface area contributed by atoms with Crippen LogP contribution < -0.4 is 0 Å². The van der Waals surface area contributed by atoms with E-state index in [0.29, 0.717) is 19.0 Å². The van der Waals surface area contributed by atoms with Crippen molar-refractivity contribution in [1.29, 1.82) is 0 Å². The van der Waals surface area contributed by atoms with Crippen molar-refractivity contribution in [3.8, 4) is 0 Å². The average molecular weight is 274 g/mol. The summed E-state index contributed by atoms with van der Waals surface area (Å²) >= 11 is 0. The molecule has 5 nitrogen and oxygen atoms in total. The maximum Gasteiger partial charge on any atom is 0.309 e. The number of hydrogen-bond donors (Lipinski definition) is 0. The maximum atomic E-state index is 11.6. The highest BCUT2D eigenvalue weighted by molar-refractivity contribution is 5.73. The van der Waals surface area contributed by atoms with Gasteiger partial charge in [0.2, 0.25) is 5.89 Å². The molecule has 2 heterocycles. The van der Waals surface area contributed by atoms with E-state index in [2.05, 4.69) is 9.88 Å². The number of hydrogen-bond acceptors (Lipinski definition) is 5. The van der Waals surface area contributed by atoms with Crippen LogP contribution in [0.2, 0.25) is 0 Å². The lowest BCUT2D eigenvalue weighted by molar-refractivity contribution is -0.147. The van der Waals surface area contributed by atoms with Gasteiger partial charge < -0.3 is 9.15 Å². The number of benzene rings is 1. The molecule has 0 unspecified atom stereocenters. The summed E-state index contributed by atoms with van der Waals surface area (Å²) in [5.74, 6) is 0.558. The van der Waals surface area contributed by atoms with Gasteiger partial charge in [0, 0.05) is 6.54 Å². The number of aromatic nitrogens is 1. The Morgan fingerprint density at radius 3 is 3.15 bits per heavy atom. The zero-order chi connectivity index (χ0) is 13.9. The average Bonchev–Trinajstić information content (AvgIpc) is 2.88. The standard InChI is InChI=1S/C15H18N2O3/c1-19-15(18)11-5-4-8-17(9-11)10-14-16-12-6-2-3-7-13(12)20-14/h2-3,6-7,11H,4-5,8-10H2,1H3/t11-/m0/s1. The van der Waals surface area contributed by atoms with Crippen molar-refractivity contribution >= 4 is 17.1 Å². The number of likely N-dealkylation sites (tertiary alicyclic amines) is 1. The van der Waals surface area contributed by atoms with Crippen LogP contribution in [-0.4, -0.2) is 36.1 Å². The summed E-state index contributed by atoms with van der Waals surface area (Å²) < 4.78 is 10.6. The molecule has 5 heteroatoms. The predicted octanol–water partition coefficient (Wildman–Crippen LogP) is 2.21. The number of methoxy groups -OCH3 is 1. The van der Waals surface area contributed by atoms with Gasteiger partial charge in [-0.25, -0.2) is 4.98 Å². The third-order valence-electron chi connectivity index (χ3n) is 3.74. The Hall–Kier alpha value is -1.88. The zero-order valence-corrected chi connectivity index (χ0v) is 11.5. The number of rotatable bonds is 3. The summed E-state index contributed by atoms with van der Waals surface area (Å²) in [6.45, 7) is 2.32. The van der Waals surface area contributed by atoms with Crippen molar-refractivity contribution in [2.75, 3.05) is 20.2 Å². The lowest BCUT2D eigenvalue weighted by Crippen LogP contribution is -2.38. The molecule has 0 aliphatic carbocycles. The molecule has 106 valence electrons. The second kappa shape index (κ2) is 5.63. The number of para-hydroxylation sites is 2. The number of ether oxygens (including phenoxy) is 1. The minimum atomic E-state index is -0.118. The summed E-state index contributed by atoms with van der Waals surface area (Å²) in [5.41, 5.74) is 1.69. The Morgan fingerprint density at radius 2 is 2.35 bits per heavy atom. The smallest absolute Gasteiger partial charge is 0.309 e. The van der Waals surface area contributed by atoms with Gasteiger partial charge >= 0.3 is 5.97 Å².